The number of carbonyl (C=O) groups is 1. The van der Waals surface area contributed by atoms with E-state index in [1.54, 1.807) is 0 Å². The molecule has 3 heteroatoms. The van der Waals surface area contributed by atoms with Gasteiger partial charge in [-0.3, -0.25) is 4.79 Å². The Bertz CT molecular complexity index is 648. The van der Waals surface area contributed by atoms with Crippen LogP contribution in [0.15, 0.2) is 60.7 Å². The van der Waals surface area contributed by atoms with E-state index >= 15 is 0 Å². The molecule has 1 aliphatic carbocycles. The van der Waals surface area contributed by atoms with Crippen LogP contribution in [0.4, 0.5) is 0 Å². The Hall–Kier alpha value is -2.13. The number of nitrogens with one attached hydrogen (secondary N) is 1. The van der Waals surface area contributed by atoms with E-state index in [9.17, 15) is 4.79 Å². The van der Waals surface area contributed by atoms with Crippen LogP contribution in [0.25, 0.3) is 0 Å². The van der Waals surface area contributed by atoms with Crippen LogP contribution < -0.4 is 11.1 Å². The molecule has 1 fully saturated rings. The molecule has 2 aromatic rings. The number of hydrogen-bond donors (Lipinski definition) is 2. The molecule has 1 atom stereocenters. The minimum Gasteiger partial charge on any atom is -0.355 e. The molecule has 1 saturated carbocycles. The highest BCUT2D eigenvalue weighted by molar-refractivity contribution is 5.77. The maximum Gasteiger partial charge on any atom is 0.221 e. The number of rotatable bonds is 6. The first-order valence-electron chi connectivity index (χ1n) is 8.82. The van der Waals surface area contributed by atoms with E-state index in [2.05, 4.69) is 29.6 Å². The summed E-state index contributed by atoms with van der Waals surface area (Å²) in [5, 5.41) is 3.15. The van der Waals surface area contributed by atoms with E-state index in [-0.39, 0.29) is 17.4 Å². The summed E-state index contributed by atoms with van der Waals surface area (Å²) in [6.45, 7) is 0.706. The van der Waals surface area contributed by atoms with E-state index in [0.29, 0.717) is 13.0 Å². The van der Waals surface area contributed by atoms with E-state index < -0.39 is 0 Å². The molecular weight excluding hydrogens is 296 g/mol. The zero-order valence-corrected chi connectivity index (χ0v) is 14.1. The molecule has 0 aromatic heterocycles. The second-order valence-electron chi connectivity index (χ2n) is 6.85. The van der Waals surface area contributed by atoms with Gasteiger partial charge in [0.25, 0.3) is 0 Å². The molecule has 0 saturated heterocycles. The van der Waals surface area contributed by atoms with Gasteiger partial charge in [0.1, 0.15) is 0 Å². The zero-order valence-electron chi connectivity index (χ0n) is 14.1. The van der Waals surface area contributed by atoms with Gasteiger partial charge < -0.3 is 11.1 Å². The molecule has 0 radical (unpaired) electrons. The SMILES string of the molecule is NC(CC(=O)NCC1(c2ccccc2)CCCC1)c1ccccc1. The fourth-order valence-electron chi connectivity index (χ4n) is 3.77. The number of amides is 1. The first kappa shape index (κ1) is 16.7. The van der Waals surface area contributed by atoms with Gasteiger partial charge >= 0.3 is 0 Å². The number of nitrogens with two attached hydrogens (primary N) is 1. The molecule has 2 aromatic carbocycles. The molecular formula is C21H26N2O. The van der Waals surface area contributed by atoms with E-state index in [1.807, 2.05) is 36.4 Å². The maximum atomic E-state index is 12.4. The van der Waals surface area contributed by atoms with Gasteiger partial charge in [-0.2, -0.15) is 0 Å². The average molecular weight is 322 g/mol. The Kier molecular flexibility index (Phi) is 5.31. The topological polar surface area (TPSA) is 55.1 Å². The lowest BCUT2D eigenvalue weighted by Crippen LogP contribution is -2.39. The van der Waals surface area contributed by atoms with Crippen LogP contribution in [0.5, 0.6) is 0 Å². The highest BCUT2D eigenvalue weighted by Crippen LogP contribution is 2.40. The van der Waals surface area contributed by atoms with E-state index in [0.717, 1.165) is 18.4 Å². The first-order valence-corrected chi connectivity index (χ1v) is 8.82. The lowest BCUT2D eigenvalue weighted by Gasteiger charge is -2.30. The van der Waals surface area contributed by atoms with Gasteiger partial charge in [0.15, 0.2) is 0 Å². The Balaban J connectivity index is 1.60. The molecule has 24 heavy (non-hydrogen) atoms. The van der Waals surface area contributed by atoms with Gasteiger partial charge in [-0.1, -0.05) is 73.5 Å². The minimum absolute atomic E-state index is 0.0357. The summed E-state index contributed by atoms with van der Waals surface area (Å²) in [6.07, 6.45) is 5.07. The van der Waals surface area contributed by atoms with Gasteiger partial charge in [0, 0.05) is 24.4 Å². The standard InChI is InChI=1S/C21H26N2O/c22-19(17-9-3-1-4-10-17)15-20(24)23-16-21(13-7-8-14-21)18-11-5-2-6-12-18/h1-6,9-12,19H,7-8,13-16,22H2,(H,23,24). The highest BCUT2D eigenvalue weighted by atomic mass is 16.1. The second-order valence-corrected chi connectivity index (χ2v) is 6.85. The number of hydrogen-bond acceptors (Lipinski definition) is 2. The fourth-order valence-corrected chi connectivity index (χ4v) is 3.77. The normalized spacial score (nSPS) is 17.4. The molecule has 1 amide bonds. The van der Waals surface area contributed by atoms with E-state index in [1.165, 1.54) is 18.4 Å². The quantitative estimate of drug-likeness (QED) is 0.852. The van der Waals surface area contributed by atoms with Crippen LogP contribution in [-0.4, -0.2) is 12.5 Å². The summed E-state index contributed by atoms with van der Waals surface area (Å²) < 4.78 is 0. The molecule has 3 nitrogen and oxygen atoms in total. The van der Waals surface area contributed by atoms with Crippen LogP contribution >= 0.6 is 0 Å². The van der Waals surface area contributed by atoms with Crippen LogP contribution in [-0.2, 0) is 10.2 Å². The molecule has 0 bridgehead atoms. The number of benzene rings is 2. The third kappa shape index (κ3) is 3.85. The summed E-state index contributed by atoms with van der Waals surface area (Å²) in [7, 11) is 0. The van der Waals surface area contributed by atoms with Crippen LogP contribution in [0, 0.1) is 0 Å². The summed E-state index contributed by atoms with van der Waals surface area (Å²) in [5.41, 5.74) is 8.60. The molecule has 1 unspecified atom stereocenters. The fraction of sp³-hybridized carbons (Fsp3) is 0.381. The van der Waals surface area contributed by atoms with Crippen molar-refractivity contribution in [3.05, 3.63) is 71.8 Å². The van der Waals surface area contributed by atoms with Crippen LogP contribution in [0.2, 0.25) is 0 Å². The summed E-state index contributed by atoms with van der Waals surface area (Å²) >= 11 is 0. The van der Waals surface area contributed by atoms with Crippen LogP contribution in [0.1, 0.15) is 49.3 Å². The predicted octanol–water partition coefficient (Wildman–Crippen LogP) is 3.70. The largest absolute Gasteiger partial charge is 0.355 e. The van der Waals surface area contributed by atoms with Crippen molar-refractivity contribution in [3.8, 4) is 0 Å². The molecule has 0 spiro atoms. The third-order valence-corrected chi connectivity index (χ3v) is 5.20. The summed E-state index contributed by atoms with van der Waals surface area (Å²) in [5.74, 6) is 0.0357. The van der Waals surface area contributed by atoms with E-state index in [4.69, 9.17) is 5.73 Å². The average Bonchev–Trinajstić information content (AvgIpc) is 3.12. The maximum absolute atomic E-state index is 12.4. The van der Waals surface area contributed by atoms with Gasteiger partial charge in [0.2, 0.25) is 5.91 Å². The summed E-state index contributed by atoms with van der Waals surface area (Å²) in [4.78, 5) is 12.4. The van der Waals surface area contributed by atoms with Crippen molar-refractivity contribution in [2.45, 2.75) is 43.6 Å². The van der Waals surface area contributed by atoms with Crippen molar-refractivity contribution >= 4 is 5.91 Å². The van der Waals surface area contributed by atoms with Crippen molar-refractivity contribution in [3.63, 3.8) is 0 Å². The zero-order chi connectivity index (χ0) is 16.8. The molecule has 0 heterocycles. The molecule has 0 aliphatic heterocycles. The molecule has 1 aliphatic rings. The van der Waals surface area contributed by atoms with Crippen molar-refractivity contribution in [2.24, 2.45) is 5.73 Å². The summed E-state index contributed by atoms with van der Waals surface area (Å²) in [6, 6.07) is 20.2. The molecule has 126 valence electrons. The van der Waals surface area contributed by atoms with Crippen molar-refractivity contribution in [2.75, 3.05) is 6.54 Å². The Labute approximate surface area is 144 Å². The Morgan fingerprint density at radius 3 is 2.21 bits per heavy atom. The monoisotopic (exact) mass is 322 g/mol. The molecule has 3 N–H and O–H groups in total. The van der Waals surface area contributed by atoms with Gasteiger partial charge in [-0.15, -0.1) is 0 Å². The lowest BCUT2D eigenvalue weighted by atomic mass is 9.79. The van der Waals surface area contributed by atoms with Gasteiger partial charge in [-0.25, -0.2) is 0 Å². The molecule has 3 rings (SSSR count). The van der Waals surface area contributed by atoms with Gasteiger partial charge in [0.05, 0.1) is 0 Å². The third-order valence-electron chi connectivity index (χ3n) is 5.20. The van der Waals surface area contributed by atoms with Crippen molar-refractivity contribution < 1.29 is 4.79 Å². The second kappa shape index (κ2) is 7.63. The van der Waals surface area contributed by atoms with Gasteiger partial charge in [-0.05, 0) is 24.0 Å². The Morgan fingerprint density at radius 1 is 1.00 bits per heavy atom. The Morgan fingerprint density at radius 2 is 1.58 bits per heavy atom. The van der Waals surface area contributed by atoms with Crippen LogP contribution in [0.3, 0.4) is 0 Å². The number of carbonyl (C=O) groups excluding carboxylic acids is 1. The first-order chi connectivity index (χ1) is 11.7. The predicted molar refractivity (Wildman–Crippen MR) is 97.6 cm³/mol. The van der Waals surface area contributed by atoms with Crippen molar-refractivity contribution in [1.82, 2.24) is 5.32 Å². The minimum atomic E-state index is -0.248. The smallest absolute Gasteiger partial charge is 0.221 e. The lowest BCUT2D eigenvalue weighted by molar-refractivity contribution is -0.121. The van der Waals surface area contributed by atoms with Crippen molar-refractivity contribution in [1.29, 1.82) is 0 Å². The highest BCUT2D eigenvalue weighted by Gasteiger charge is 2.35.